The number of carbonyl (C=O) groups excluding carboxylic acids is 1. The van der Waals surface area contributed by atoms with E-state index in [1.165, 1.54) is 0 Å². The second-order valence-electron chi connectivity index (χ2n) is 5.17. The fourth-order valence-electron chi connectivity index (χ4n) is 2.08. The third-order valence-electron chi connectivity index (χ3n) is 3.35. The van der Waals surface area contributed by atoms with Crippen LogP contribution < -0.4 is 10.1 Å². The van der Waals surface area contributed by atoms with E-state index in [0.717, 1.165) is 25.2 Å². The molecule has 1 N–H and O–H groups in total. The van der Waals surface area contributed by atoms with Crippen LogP contribution in [0.2, 0.25) is 5.02 Å². The van der Waals surface area contributed by atoms with Crippen molar-refractivity contribution < 1.29 is 14.3 Å². The summed E-state index contributed by atoms with van der Waals surface area (Å²) >= 11 is 6.05. The number of halogens is 1. The van der Waals surface area contributed by atoms with Crippen molar-refractivity contribution >= 4 is 17.5 Å². The topological polar surface area (TPSA) is 47.6 Å². The molecule has 0 unspecified atom stereocenters. The van der Waals surface area contributed by atoms with E-state index in [-0.39, 0.29) is 5.91 Å². The van der Waals surface area contributed by atoms with Gasteiger partial charge < -0.3 is 14.8 Å². The molecule has 1 aromatic rings. The number of benzene rings is 1. The predicted octanol–water partition coefficient (Wildman–Crippen LogP) is 2.57. The molecule has 1 heterocycles. The molecule has 5 heteroatoms. The van der Waals surface area contributed by atoms with E-state index < -0.39 is 6.10 Å². The normalized spacial score (nSPS) is 19.6. The summed E-state index contributed by atoms with van der Waals surface area (Å²) < 4.78 is 10.9. The summed E-state index contributed by atoms with van der Waals surface area (Å²) in [5, 5.41) is 3.41. The summed E-state index contributed by atoms with van der Waals surface area (Å²) in [4.78, 5) is 12.0. The zero-order chi connectivity index (χ0) is 14.5. The van der Waals surface area contributed by atoms with Gasteiger partial charge >= 0.3 is 0 Å². The van der Waals surface area contributed by atoms with E-state index in [4.69, 9.17) is 21.1 Å². The van der Waals surface area contributed by atoms with Gasteiger partial charge in [-0.3, -0.25) is 4.79 Å². The molecule has 2 atom stereocenters. The predicted molar refractivity (Wildman–Crippen MR) is 78.2 cm³/mol. The zero-order valence-electron chi connectivity index (χ0n) is 11.8. The molecule has 1 fully saturated rings. The fraction of sp³-hybridized carbons (Fsp3) is 0.533. The molecule has 2 rings (SSSR count). The van der Waals surface area contributed by atoms with Crippen molar-refractivity contribution in [2.45, 2.75) is 26.4 Å². The van der Waals surface area contributed by atoms with Crippen molar-refractivity contribution in [3.05, 3.63) is 28.8 Å². The van der Waals surface area contributed by atoms with Crippen LogP contribution in [0.1, 0.15) is 18.9 Å². The van der Waals surface area contributed by atoms with Gasteiger partial charge in [-0.1, -0.05) is 17.7 Å². The third kappa shape index (κ3) is 4.12. The summed E-state index contributed by atoms with van der Waals surface area (Å²) in [6.07, 6.45) is 0.427. The van der Waals surface area contributed by atoms with Gasteiger partial charge in [0.25, 0.3) is 5.91 Å². The molecule has 1 saturated heterocycles. The highest BCUT2D eigenvalue weighted by atomic mass is 35.5. The second kappa shape index (κ2) is 6.95. The van der Waals surface area contributed by atoms with Crippen molar-refractivity contribution in [3.63, 3.8) is 0 Å². The van der Waals surface area contributed by atoms with Crippen LogP contribution in [0.5, 0.6) is 5.75 Å². The van der Waals surface area contributed by atoms with Crippen LogP contribution >= 0.6 is 11.6 Å². The summed E-state index contributed by atoms with van der Waals surface area (Å²) in [5.74, 6) is 0.821. The molecule has 0 bridgehead atoms. The maximum absolute atomic E-state index is 12.0. The van der Waals surface area contributed by atoms with Crippen molar-refractivity contribution in [2.75, 3.05) is 19.8 Å². The SMILES string of the molecule is Cc1ccc(Cl)c(O[C@@H](C)C(=O)NC[C@H]2CCOC2)c1. The van der Waals surface area contributed by atoms with Gasteiger partial charge in [0.05, 0.1) is 11.6 Å². The van der Waals surface area contributed by atoms with E-state index in [0.29, 0.717) is 23.2 Å². The lowest BCUT2D eigenvalue weighted by atomic mass is 10.1. The Kier molecular flexibility index (Phi) is 5.26. The van der Waals surface area contributed by atoms with Gasteiger partial charge in [0.15, 0.2) is 6.10 Å². The van der Waals surface area contributed by atoms with Crippen LogP contribution in [0.25, 0.3) is 0 Å². The number of carbonyl (C=O) groups is 1. The summed E-state index contributed by atoms with van der Waals surface area (Å²) in [6, 6.07) is 5.50. The number of hydrogen-bond acceptors (Lipinski definition) is 3. The van der Waals surface area contributed by atoms with Gasteiger partial charge in [0, 0.05) is 19.1 Å². The molecular weight excluding hydrogens is 278 g/mol. The van der Waals surface area contributed by atoms with Gasteiger partial charge in [-0.2, -0.15) is 0 Å². The minimum absolute atomic E-state index is 0.130. The molecule has 1 amide bonds. The lowest BCUT2D eigenvalue weighted by molar-refractivity contribution is -0.127. The first kappa shape index (κ1) is 15.1. The van der Waals surface area contributed by atoms with Gasteiger partial charge in [-0.25, -0.2) is 0 Å². The molecule has 0 aromatic heterocycles. The van der Waals surface area contributed by atoms with Crippen LogP contribution in [0, 0.1) is 12.8 Å². The van der Waals surface area contributed by atoms with Gasteiger partial charge in [-0.15, -0.1) is 0 Å². The lowest BCUT2D eigenvalue weighted by Crippen LogP contribution is -2.39. The average molecular weight is 298 g/mol. The highest BCUT2D eigenvalue weighted by Crippen LogP contribution is 2.26. The van der Waals surface area contributed by atoms with Gasteiger partial charge in [-0.05, 0) is 38.0 Å². The Bertz CT molecular complexity index is 472. The van der Waals surface area contributed by atoms with Crippen molar-refractivity contribution in [3.8, 4) is 5.75 Å². The van der Waals surface area contributed by atoms with E-state index in [2.05, 4.69) is 5.32 Å². The highest BCUT2D eigenvalue weighted by Gasteiger charge is 2.20. The molecule has 1 aromatic carbocycles. The lowest BCUT2D eigenvalue weighted by Gasteiger charge is -2.17. The zero-order valence-corrected chi connectivity index (χ0v) is 12.6. The highest BCUT2D eigenvalue weighted by molar-refractivity contribution is 6.32. The van der Waals surface area contributed by atoms with Gasteiger partial charge in [0.2, 0.25) is 0 Å². The molecule has 0 aliphatic carbocycles. The molecule has 4 nitrogen and oxygen atoms in total. The molecule has 20 heavy (non-hydrogen) atoms. The molecule has 0 spiro atoms. The first-order valence-corrected chi connectivity index (χ1v) is 7.22. The van der Waals surface area contributed by atoms with E-state index in [9.17, 15) is 4.79 Å². The number of hydrogen-bond donors (Lipinski definition) is 1. The summed E-state index contributed by atoms with van der Waals surface area (Å²) in [7, 11) is 0. The number of aryl methyl sites for hydroxylation is 1. The number of amides is 1. The minimum Gasteiger partial charge on any atom is -0.479 e. The largest absolute Gasteiger partial charge is 0.479 e. The number of nitrogens with one attached hydrogen (secondary N) is 1. The van der Waals surface area contributed by atoms with E-state index in [1.807, 2.05) is 19.1 Å². The molecule has 0 saturated carbocycles. The summed E-state index contributed by atoms with van der Waals surface area (Å²) in [6.45, 7) is 5.81. The Morgan fingerprint density at radius 3 is 3.10 bits per heavy atom. The standard InChI is InChI=1S/C15H20ClNO3/c1-10-3-4-13(16)14(7-10)20-11(2)15(18)17-8-12-5-6-19-9-12/h3-4,7,11-12H,5-6,8-9H2,1-2H3,(H,17,18)/t11-,12+/m0/s1. The number of rotatable bonds is 5. The Hall–Kier alpha value is -1.26. The van der Waals surface area contributed by atoms with Crippen LogP contribution in [-0.2, 0) is 9.53 Å². The molecule has 0 radical (unpaired) electrons. The van der Waals surface area contributed by atoms with Crippen molar-refractivity contribution in [1.29, 1.82) is 0 Å². The molecule has 1 aliphatic heterocycles. The quantitative estimate of drug-likeness (QED) is 0.908. The van der Waals surface area contributed by atoms with E-state index in [1.54, 1.807) is 13.0 Å². The Morgan fingerprint density at radius 2 is 2.40 bits per heavy atom. The summed E-state index contributed by atoms with van der Waals surface area (Å²) in [5.41, 5.74) is 1.04. The van der Waals surface area contributed by atoms with Gasteiger partial charge in [0.1, 0.15) is 5.75 Å². The Balaban J connectivity index is 1.85. The second-order valence-corrected chi connectivity index (χ2v) is 5.58. The van der Waals surface area contributed by atoms with Crippen molar-refractivity contribution in [2.24, 2.45) is 5.92 Å². The Labute approximate surface area is 124 Å². The monoisotopic (exact) mass is 297 g/mol. The van der Waals surface area contributed by atoms with Crippen molar-refractivity contribution in [1.82, 2.24) is 5.32 Å². The molecular formula is C15H20ClNO3. The van der Waals surface area contributed by atoms with Crippen LogP contribution in [0.3, 0.4) is 0 Å². The smallest absolute Gasteiger partial charge is 0.260 e. The van der Waals surface area contributed by atoms with E-state index >= 15 is 0 Å². The fourth-order valence-corrected chi connectivity index (χ4v) is 2.24. The van der Waals surface area contributed by atoms with Crippen LogP contribution in [0.15, 0.2) is 18.2 Å². The maximum Gasteiger partial charge on any atom is 0.260 e. The maximum atomic E-state index is 12.0. The first-order chi connectivity index (χ1) is 9.56. The van der Waals surface area contributed by atoms with Crippen LogP contribution in [0.4, 0.5) is 0 Å². The average Bonchev–Trinajstić information content (AvgIpc) is 2.93. The molecule has 1 aliphatic rings. The first-order valence-electron chi connectivity index (χ1n) is 6.84. The Morgan fingerprint density at radius 1 is 1.60 bits per heavy atom. The number of ether oxygens (including phenoxy) is 2. The minimum atomic E-state index is -0.573. The van der Waals surface area contributed by atoms with Crippen LogP contribution in [-0.4, -0.2) is 31.8 Å². The molecule has 110 valence electrons. The third-order valence-corrected chi connectivity index (χ3v) is 3.66.